The van der Waals surface area contributed by atoms with Crippen LogP contribution in [0.15, 0.2) is 53.9 Å². The number of nitrogens with two attached hydrogens (primary N) is 1. The second kappa shape index (κ2) is 10.7. The topological polar surface area (TPSA) is 141 Å². The minimum Gasteiger partial charge on any atom is -0.393 e. The number of nitrogen functional groups attached to an aromatic ring is 1. The number of likely N-dealkylation sites (tertiary alicyclic amines) is 1. The van der Waals surface area contributed by atoms with E-state index in [1.807, 2.05) is 43.5 Å². The van der Waals surface area contributed by atoms with E-state index in [4.69, 9.17) is 10.6 Å². The summed E-state index contributed by atoms with van der Waals surface area (Å²) < 4.78 is 1.75. The second-order valence-corrected chi connectivity index (χ2v) is 9.40. The van der Waals surface area contributed by atoms with Crippen LogP contribution in [0.5, 0.6) is 0 Å². The summed E-state index contributed by atoms with van der Waals surface area (Å²) >= 11 is 1.24. The lowest BCUT2D eigenvalue weighted by Gasteiger charge is -2.14. The van der Waals surface area contributed by atoms with Crippen LogP contribution in [0, 0.1) is 0 Å². The molecule has 4 heterocycles. The summed E-state index contributed by atoms with van der Waals surface area (Å²) in [5, 5.41) is 12.2. The van der Waals surface area contributed by atoms with Crippen LogP contribution in [0.2, 0.25) is 0 Å². The van der Waals surface area contributed by atoms with Gasteiger partial charge in [0.05, 0.1) is 17.1 Å². The number of carbonyl (C=O) groups excluding carboxylic acids is 2. The molecule has 0 aliphatic carbocycles. The molecule has 1 fully saturated rings. The first-order chi connectivity index (χ1) is 18.0. The largest absolute Gasteiger partial charge is 0.393 e. The maximum Gasteiger partial charge on any atom is 0.261 e. The highest BCUT2D eigenvalue weighted by atomic mass is 32.1. The van der Waals surface area contributed by atoms with Crippen LogP contribution in [0.1, 0.15) is 40.7 Å². The minimum absolute atomic E-state index is 0.0651. The normalized spacial score (nSPS) is 13.9. The molecular weight excluding hydrogens is 492 g/mol. The lowest BCUT2D eigenvalue weighted by Crippen LogP contribution is -2.28. The highest BCUT2D eigenvalue weighted by Gasteiger charge is 2.22. The zero-order chi connectivity index (χ0) is 25.8. The fourth-order valence-electron chi connectivity index (χ4n) is 4.11. The van der Waals surface area contributed by atoms with Crippen LogP contribution in [0.25, 0.3) is 15.9 Å². The van der Waals surface area contributed by atoms with Gasteiger partial charge in [-0.3, -0.25) is 9.59 Å². The molecule has 2 amide bonds. The first-order valence-corrected chi connectivity index (χ1v) is 12.8. The minimum atomic E-state index is -0.191. The summed E-state index contributed by atoms with van der Waals surface area (Å²) in [6.07, 6.45) is 5.00. The summed E-state index contributed by atoms with van der Waals surface area (Å²) in [7, 11) is 0. The SMILES string of the molecule is CCNC(=O)c1cc2c(/C(=N/OCCN3CCCC3=O)c3ccc(-n4cccn4)cc3)nc(N)nc2s1. The van der Waals surface area contributed by atoms with Crippen LogP contribution >= 0.6 is 11.3 Å². The standard InChI is InChI=1S/C25H26N8O3S/c1-2-27-23(35)19-15-18-22(29-25(26)30-24(18)37-19)21(31-36-14-13-32-11-3-5-20(32)34)16-6-8-17(9-7-16)33-12-4-10-28-33/h4,6-10,12,15H,2-3,5,11,13-14H2,1H3,(H,27,35)(H2,26,29,30)/b31-21+. The molecule has 4 aromatic rings. The average molecular weight is 519 g/mol. The van der Waals surface area contributed by atoms with Crippen molar-refractivity contribution < 1.29 is 14.4 Å². The monoisotopic (exact) mass is 518 g/mol. The van der Waals surface area contributed by atoms with Gasteiger partial charge in [0, 0.05) is 42.9 Å². The molecule has 5 rings (SSSR count). The lowest BCUT2D eigenvalue weighted by molar-refractivity contribution is -0.128. The Kier molecular flexibility index (Phi) is 7.08. The van der Waals surface area contributed by atoms with Gasteiger partial charge < -0.3 is 20.8 Å². The Balaban J connectivity index is 1.51. The van der Waals surface area contributed by atoms with Gasteiger partial charge in [-0.1, -0.05) is 17.3 Å². The van der Waals surface area contributed by atoms with Crippen LogP contribution in [-0.4, -0.2) is 68.4 Å². The summed E-state index contributed by atoms with van der Waals surface area (Å²) in [5.41, 5.74) is 8.57. The van der Waals surface area contributed by atoms with Crippen molar-refractivity contribution in [3.63, 3.8) is 0 Å². The predicted molar refractivity (Wildman–Crippen MR) is 141 cm³/mol. The molecule has 190 valence electrons. The third-order valence-corrected chi connectivity index (χ3v) is 6.91. The third-order valence-electron chi connectivity index (χ3n) is 5.88. The van der Waals surface area contributed by atoms with E-state index in [0.717, 1.165) is 24.2 Å². The van der Waals surface area contributed by atoms with Gasteiger partial charge in [0.25, 0.3) is 5.91 Å². The van der Waals surface area contributed by atoms with Crippen molar-refractivity contribution >= 4 is 45.0 Å². The van der Waals surface area contributed by atoms with Gasteiger partial charge in [0.1, 0.15) is 22.8 Å². The van der Waals surface area contributed by atoms with Crippen molar-refractivity contribution in [2.45, 2.75) is 19.8 Å². The van der Waals surface area contributed by atoms with E-state index in [9.17, 15) is 9.59 Å². The number of rotatable bonds is 9. The van der Waals surface area contributed by atoms with E-state index >= 15 is 0 Å². The molecule has 0 atom stereocenters. The van der Waals surface area contributed by atoms with Gasteiger partial charge in [0.2, 0.25) is 11.9 Å². The number of aromatic nitrogens is 4. The predicted octanol–water partition coefficient (Wildman–Crippen LogP) is 2.60. The van der Waals surface area contributed by atoms with Crippen molar-refractivity contribution in [3.8, 4) is 5.69 Å². The molecule has 1 saturated heterocycles. The molecule has 12 heteroatoms. The van der Waals surface area contributed by atoms with Gasteiger partial charge in [-0.05, 0) is 37.6 Å². The highest BCUT2D eigenvalue weighted by Crippen LogP contribution is 2.29. The molecule has 0 radical (unpaired) electrons. The second-order valence-electron chi connectivity index (χ2n) is 8.37. The van der Waals surface area contributed by atoms with Gasteiger partial charge in [0.15, 0.2) is 0 Å². The van der Waals surface area contributed by atoms with E-state index in [1.54, 1.807) is 21.8 Å². The number of hydrogen-bond acceptors (Lipinski definition) is 9. The number of amides is 2. The van der Waals surface area contributed by atoms with Crippen LogP contribution in [0.4, 0.5) is 5.95 Å². The highest BCUT2D eigenvalue weighted by molar-refractivity contribution is 7.20. The maximum absolute atomic E-state index is 12.5. The molecule has 0 spiro atoms. The molecular formula is C25H26N8O3S. The van der Waals surface area contributed by atoms with E-state index in [0.29, 0.717) is 46.0 Å². The third kappa shape index (κ3) is 5.28. The number of hydrogen-bond donors (Lipinski definition) is 2. The Morgan fingerprint density at radius 3 is 2.81 bits per heavy atom. The molecule has 1 aliphatic rings. The quantitative estimate of drug-likeness (QED) is 0.197. The van der Waals surface area contributed by atoms with Crippen molar-refractivity contribution in [2.75, 3.05) is 32.0 Å². The Labute approximate surface area is 216 Å². The van der Waals surface area contributed by atoms with E-state index in [-0.39, 0.29) is 24.4 Å². The van der Waals surface area contributed by atoms with Crippen molar-refractivity contribution in [2.24, 2.45) is 5.16 Å². The number of carbonyl (C=O) groups is 2. The number of oxime groups is 1. The molecule has 11 nitrogen and oxygen atoms in total. The van der Waals surface area contributed by atoms with Crippen LogP contribution < -0.4 is 11.1 Å². The van der Waals surface area contributed by atoms with E-state index in [1.165, 1.54) is 11.3 Å². The van der Waals surface area contributed by atoms with Gasteiger partial charge >= 0.3 is 0 Å². The maximum atomic E-state index is 12.5. The molecule has 3 N–H and O–H groups in total. The molecule has 37 heavy (non-hydrogen) atoms. The summed E-state index contributed by atoms with van der Waals surface area (Å²) in [6.45, 7) is 3.79. The van der Waals surface area contributed by atoms with Crippen LogP contribution in [0.3, 0.4) is 0 Å². The van der Waals surface area contributed by atoms with Crippen molar-refractivity contribution in [3.05, 3.63) is 64.9 Å². The zero-order valence-corrected chi connectivity index (χ0v) is 21.1. The Bertz CT molecular complexity index is 1450. The van der Waals surface area contributed by atoms with Gasteiger partial charge in [-0.25, -0.2) is 14.6 Å². The number of nitrogens with zero attached hydrogens (tertiary/aromatic N) is 6. The van der Waals surface area contributed by atoms with Gasteiger partial charge in [-0.15, -0.1) is 11.3 Å². The Hall–Kier alpha value is -4.32. The fraction of sp³-hybridized carbons (Fsp3) is 0.280. The zero-order valence-electron chi connectivity index (χ0n) is 20.3. The fourth-order valence-corrected chi connectivity index (χ4v) is 5.06. The first kappa shape index (κ1) is 24.4. The van der Waals surface area contributed by atoms with Crippen LogP contribution in [-0.2, 0) is 9.63 Å². The van der Waals surface area contributed by atoms with Crippen molar-refractivity contribution in [1.82, 2.24) is 30.0 Å². The smallest absolute Gasteiger partial charge is 0.261 e. The Morgan fingerprint density at radius 1 is 1.27 bits per heavy atom. The summed E-state index contributed by atoms with van der Waals surface area (Å²) in [4.78, 5) is 41.8. The number of benzene rings is 1. The molecule has 0 bridgehead atoms. The number of anilines is 1. The molecule has 0 unspecified atom stereocenters. The molecule has 3 aromatic heterocycles. The summed E-state index contributed by atoms with van der Waals surface area (Å²) in [6, 6.07) is 11.2. The summed E-state index contributed by atoms with van der Waals surface area (Å²) in [5.74, 6) is 0.00222. The first-order valence-electron chi connectivity index (χ1n) is 12.0. The Morgan fingerprint density at radius 2 is 2.11 bits per heavy atom. The lowest BCUT2D eigenvalue weighted by atomic mass is 10.0. The number of fused-ring (bicyclic) bond motifs is 1. The van der Waals surface area contributed by atoms with Crippen molar-refractivity contribution in [1.29, 1.82) is 0 Å². The van der Waals surface area contributed by atoms with Gasteiger partial charge in [-0.2, -0.15) is 5.10 Å². The van der Waals surface area contributed by atoms with E-state index < -0.39 is 0 Å². The number of nitrogens with one attached hydrogen (secondary N) is 1. The molecule has 0 saturated carbocycles. The number of thiophene rings is 1. The van der Waals surface area contributed by atoms with E-state index in [2.05, 4.69) is 25.5 Å². The molecule has 1 aromatic carbocycles. The average Bonchev–Trinajstić information content (AvgIpc) is 3.66. The molecule has 1 aliphatic heterocycles.